The van der Waals surface area contributed by atoms with E-state index in [9.17, 15) is 19.7 Å². The summed E-state index contributed by atoms with van der Waals surface area (Å²) in [7, 11) is -4.12. The first-order chi connectivity index (χ1) is 30.0. The molecule has 5 aromatic carbocycles. The summed E-state index contributed by atoms with van der Waals surface area (Å²) >= 11 is 0. The SMILES string of the molecule is CCC/C(=C\c1ccccc1O)CC[C@H]1OB(O)C[C@H]2C1=C(CO[Si](c1ccccc1)(c1ccccc1)C(C)(C)C)C[C@H]1C(=O)N(c3ccc(Nc4ccccc4)cc3)C(=O)[C@H]12. The van der Waals surface area contributed by atoms with Crippen molar-refractivity contribution < 1.29 is 28.8 Å². The van der Waals surface area contributed by atoms with Crippen molar-refractivity contribution in [2.24, 2.45) is 17.8 Å². The maximum Gasteiger partial charge on any atom is 0.455 e. The number of phenols is 1. The zero-order chi connectivity index (χ0) is 43.4. The van der Waals surface area contributed by atoms with Crippen LogP contribution in [0.3, 0.4) is 0 Å². The van der Waals surface area contributed by atoms with Gasteiger partial charge >= 0.3 is 7.12 Å². The summed E-state index contributed by atoms with van der Waals surface area (Å²) < 4.78 is 14.1. The third kappa shape index (κ3) is 8.62. The summed E-state index contributed by atoms with van der Waals surface area (Å²) in [6, 6.07) is 45.7. The minimum absolute atomic E-state index is 0.206. The van der Waals surface area contributed by atoms with Gasteiger partial charge in [-0.2, -0.15) is 0 Å². The Morgan fingerprint density at radius 1 is 0.806 bits per heavy atom. The number of phenolic OH excluding ortho intramolecular Hbond substituents is 1. The van der Waals surface area contributed by atoms with Crippen LogP contribution in [-0.2, 0) is 18.7 Å². The van der Waals surface area contributed by atoms with Crippen molar-refractivity contribution in [3.05, 3.63) is 162 Å². The molecular formula is C52H57BN2O6Si. The number of para-hydroxylation sites is 2. The Morgan fingerprint density at radius 2 is 1.40 bits per heavy atom. The zero-order valence-electron chi connectivity index (χ0n) is 36.2. The van der Waals surface area contributed by atoms with Gasteiger partial charge in [0, 0.05) is 16.9 Å². The molecule has 1 aliphatic carbocycles. The first-order valence-corrected chi connectivity index (χ1v) is 24.0. The van der Waals surface area contributed by atoms with E-state index in [1.165, 1.54) is 4.90 Å². The molecule has 0 aromatic heterocycles. The summed E-state index contributed by atoms with van der Waals surface area (Å²) in [4.78, 5) is 30.9. The highest BCUT2D eigenvalue weighted by atomic mass is 28.4. The molecule has 0 bridgehead atoms. The fourth-order valence-corrected chi connectivity index (χ4v) is 14.8. The Kier molecular flexibility index (Phi) is 12.8. The molecule has 0 spiro atoms. The minimum Gasteiger partial charge on any atom is -0.507 e. The van der Waals surface area contributed by atoms with Crippen LogP contribution in [0.25, 0.3) is 6.08 Å². The maximum atomic E-state index is 14.8. The fourth-order valence-electron chi connectivity index (χ4n) is 10.2. The summed E-state index contributed by atoms with van der Waals surface area (Å²) in [5, 5.41) is 27.5. The molecule has 0 radical (unpaired) electrons. The van der Waals surface area contributed by atoms with Crippen LogP contribution < -0.4 is 20.6 Å². The van der Waals surface area contributed by atoms with Crippen LogP contribution in [-0.4, -0.2) is 50.1 Å². The molecule has 3 aliphatic rings. The predicted octanol–water partition coefficient (Wildman–Crippen LogP) is 9.68. The summed E-state index contributed by atoms with van der Waals surface area (Å²) in [6.45, 7) is 9.16. The Labute approximate surface area is 367 Å². The summed E-state index contributed by atoms with van der Waals surface area (Å²) in [6.07, 6.45) is 5.10. The van der Waals surface area contributed by atoms with E-state index in [1.807, 2.05) is 84.9 Å². The smallest absolute Gasteiger partial charge is 0.455 e. The Hall–Kier alpha value is -5.52. The van der Waals surface area contributed by atoms with Crippen molar-refractivity contribution in [3.63, 3.8) is 0 Å². The van der Waals surface area contributed by atoms with E-state index in [1.54, 1.807) is 6.07 Å². The number of benzene rings is 5. The third-order valence-corrected chi connectivity index (χ3v) is 18.0. The molecule has 5 aromatic rings. The number of amides is 2. The van der Waals surface area contributed by atoms with Crippen molar-refractivity contribution in [1.82, 2.24) is 0 Å². The number of allylic oxidation sites excluding steroid dienone is 1. The van der Waals surface area contributed by atoms with Gasteiger partial charge in [-0.05, 0) is 107 Å². The lowest BCUT2D eigenvalue weighted by molar-refractivity contribution is -0.122. The van der Waals surface area contributed by atoms with Gasteiger partial charge in [-0.1, -0.05) is 143 Å². The number of hydrogen-bond acceptors (Lipinski definition) is 7. The molecule has 2 amide bonds. The normalized spacial score (nSPS) is 20.6. The molecule has 0 saturated carbocycles. The number of carbonyl (C=O) groups is 2. The van der Waals surface area contributed by atoms with Gasteiger partial charge in [0.15, 0.2) is 0 Å². The average molecular weight is 845 g/mol. The Morgan fingerprint density at radius 3 is 2.02 bits per heavy atom. The minimum atomic E-state index is -3.01. The quantitative estimate of drug-likeness (QED) is 0.0581. The molecule has 2 aliphatic heterocycles. The number of aromatic hydroxyl groups is 1. The highest BCUT2D eigenvalue weighted by molar-refractivity contribution is 6.99. The molecule has 8 rings (SSSR count). The fraction of sp³-hybridized carbons (Fsp3) is 0.308. The Balaban J connectivity index is 1.18. The summed E-state index contributed by atoms with van der Waals surface area (Å²) in [5.74, 6) is -1.91. The number of nitrogens with one attached hydrogen (secondary N) is 1. The zero-order valence-corrected chi connectivity index (χ0v) is 37.2. The number of carbonyl (C=O) groups excluding carboxylic acids is 2. The average Bonchev–Trinajstić information content (AvgIpc) is 3.52. The van der Waals surface area contributed by atoms with Gasteiger partial charge < -0.3 is 24.5 Å². The molecule has 62 heavy (non-hydrogen) atoms. The van der Waals surface area contributed by atoms with Gasteiger partial charge in [-0.3, -0.25) is 14.5 Å². The number of anilines is 3. The largest absolute Gasteiger partial charge is 0.507 e. The number of imide groups is 1. The van der Waals surface area contributed by atoms with Crippen molar-refractivity contribution >= 4 is 60.8 Å². The van der Waals surface area contributed by atoms with E-state index in [0.29, 0.717) is 24.9 Å². The van der Waals surface area contributed by atoms with Crippen molar-refractivity contribution in [2.45, 2.75) is 77.3 Å². The lowest BCUT2D eigenvalue weighted by Crippen LogP contribution is -2.66. The van der Waals surface area contributed by atoms with Gasteiger partial charge in [-0.15, -0.1) is 0 Å². The van der Waals surface area contributed by atoms with E-state index in [2.05, 4.69) is 87.6 Å². The molecule has 0 unspecified atom stereocenters. The van der Waals surface area contributed by atoms with Crippen LogP contribution in [0.2, 0.25) is 11.4 Å². The van der Waals surface area contributed by atoms with Crippen LogP contribution in [0, 0.1) is 17.8 Å². The van der Waals surface area contributed by atoms with Crippen LogP contribution >= 0.6 is 0 Å². The number of nitrogens with zero attached hydrogens (tertiary/aromatic N) is 1. The first kappa shape index (κ1) is 43.1. The van der Waals surface area contributed by atoms with Crippen molar-refractivity contribution in [2.75, 3.05) is 16.8 Å². The molecule has 2 saturated heterocycles. The third-order valence-electron chi connectivity index (χ3n) is 13.0. The standard InChI is InChI=1S/C52H57BN2O6Si/c1-5-17-36(32-37-18-15-16-25-46(37)56)26-31-47-48-38(35-60-62(52(2,3)4,42-21-11-7-12-22-42)43-23-13-8-14-24-43)33-44-49(45(48)34-53(59)61-47)51(58)55(50(44)57)41-29-27-40(28-30-41)54-39-19-9-6-10-20-39/h6-16,18-25,27-30,32,44-45,47,49,54,56,59H,5,17,26,31,33-35H2,1-4H3/b36-32+/t44-,45+,47-,49-/m1/s1. The summed E-state index contributed by atoms with van der Waals surface area (Å²) in [5.41, 5.74) is 6.20. The van der Waals surface area contributed by atoms with Crippen LogP contribution in [0.1, 0.15) is 65.4 Å². The van der Waals surface area contributed by atoms with Gasteiger partial charge in [0.2, 0.25) is 11.8 Å². The second-order valence-electron chi connectivity index (χ2n) is 18.0. The number of fused-ring (bicyclic) bond motifs is 3. The van der Waals surface area contributed by atoms with Crippen molar-refractivity contribution in [1.29, 1.82) is 0 Å². The molecule has 318 valence electrons. The maximum absolute atomic E-state index is 14.8. The lowest BCUT2D eigenvalue weighted by atomic mass is 9.58. The van der Waals surface area contributed by atoms with E-state index in [4.69, 9.17) is 9.08 Å². The van der Waals surface area contributed by atoms with Crippen LogP contribution in [0.15, 0.2) is 156 Å². The second-order valence-corrected chi connectivity index (χ2v) is 22.3. The van der Waals surface area contributed by atoms with E-state index in [0.717, 1.165) is 56.9 Å². The monoisotopic (exact) mass is 844 g/mol. The molecule has 8 nitrogen and oxygen atoms in total. The van der Waals surface area contributed by atoms with E-state index in [-0.39, 0.29) is 35.5 Å². The number of rotatable bonds is 14. The van der Waals surface area contributed by atoms with Gasteiger partial charge in [0.05, 0.1) is 30.2 Å². The molecule has 2 fully saturated rings. The topological polar surface area (TPSA) is 108 Å². The van der Waals surface area contributed by atoms with Crippen LogP contribution in [0.4, 0.5) is 17.1 Å². The number of hydrogen-bond donors (Lipinski definition) is 3. The first-order valence-electron chi connectivity index (χ1n) is 22.1. The lowest BCUT2D eigenvalue weighted by Gasteiger charge is -2.46. The molecule has 4 atom stereocenters. The van der Waals surface area contributed by atoms with Gasteiger partial charge in [-0.25, -0.2) is 0 Å². The Bertz CT molecular complexity index is 2380. The van der Waals surface area contributed by atoms with E-state index < -0.39 is 39.3 Å². The predicted molar refractivity (Wildman–Crippen MR) is 252 cm³/mol. The van der Waals surface area contributed by atoms with E-state index >= 15 is 0 Å². The van der Waals surface area contributed by atoms with Crippen LogP contribution in [0.5, 0.6) is 5.75 Å². The molecular weight excluding hydrogens is 787 g/mol. The molecule has 2 heterocycles. The van der Waals surface area contributed by atoms with Crippen molar-refractivity contribution in [3.8, 4) is 5.75 Å². The highest BCUT2D eigenvalue weighted by Crippen LogP contribution is 2.52. The van der Waals surface area contributed by atoms with Gasteiger partial charge in [0.1, 0.15) is 5.75 Å². The second kappa shape index (κ2) is 18.4. The molecule has 3 N–H and O–H groups in total. The van der Waals surface area contributed by atoms with Gasteiger partial charge in [0.25, 0.3) is 8.32 Å². The molecule has 10 heteroatoms. The highest BCUT2D eigenvalue weighted by Gasteiger charge is 2.58.